The normalized spacial score (nSPS) is 15.2. The van der Waals surface area contributed by atoms with Crippen LogP contribution in [0.15, 0.2) is 84.9 Å². The van der Waals surface area contributed by atoms with Gasteiger partial charge in [-0.1, -0.05) is 42.8 Å². The Morgan fingerprint density at radius 2 is 1.49 bits per heavy atom. The first-order valence-corrected chi connectivity index (χ1v) is 14.3. The van der Waals surface area contributed by atoms with Crippen molar-refractivity contribution in [2.45, 2.75) is 55.9 Å². The molecular weight excluding hydrogens is 644 g/mol. The standard InChI is InChI=1S/C34H25F10NO2/c35-24-14-23(15-25(17-24)47-34(43,44)31(38)39)32(18-19-5-2-1-3-6-19,22-10-12-28(36)26(16-22)20-7-4-8-20)45-30(46)21-9-11-29(37)27(13-21)33(40,41)42/h1-3,5-6,9-17,20,31H,4,7-8,18H2,(H,45,46). The molecule has 5 rings (SSSR count). The summed E-state index contributed by atoms with van der Waals surface area (Å²) >= 11 is 0. The zero-order valence-electron chi connectivity index (χ0n) is 24.2. The quantitative estimate of drug-likeness (QED) is 0.171. The number of alkyl halides is 7. The molecule has 3 nitrogen and oxygen atoms in total. The van der Waals surface area contributed by atoms with Gasteiger partial charge in [0.1, 0.15) is 23.2 Å². The highest BCUT2D eigenvalue weighted by molar-refractivity contribution is 5.95. The third-order valence-electron chi connectivity index (χ3n) is 8.08. The number of ether oxygens (including phenoxy) is 1. The molecule has 1 fully saturated rings. The molecule has 1 amide bonds. The van der Waals surface area contributed by atoms with E-state index in [1.54, 1.807) is 30.3 Å². The van der Waals surface area contributed by atoms with Crippen LogP contribution in [0.2, 0.25) is 0 Å². The van der Waals surface area contributed by atoms with Crippen LogP contribution >= 0.6 is 0 Å². The summed E-state index contributed by atoms with van der Waals surface area (Å²) < 4.78 is 143. The third kappa shape index (κ3) is 7.23. The van der Waals surface area contributed by atoms with Crippen LogP contribution in [0.3, 0.4) is 0 Å². The summed E-state index contributed by atoms with van der Waals surface area (Å²) in [5.74, 6) is -6.03. The van der Waals surface area contributed by atoms with Crippen LogP contribution in [0.5, 0.6) is 5.75 Å². The average Bonchev–Trinajstić information content (AvgIpc) is 2.96. The molecule has 1 N–H and O–H groups in total. The summed E-state index contributed by atoms with van der Waals surface area (Å²) in [4.78, 5) is 13.8. The van der Waals surface area contributed by atoms with Gasteiger partial charge < -0.3 is 10.1 Å². The van der Waals surface area contributed by atoms with Crippen LogP contribution in [-0.4, -0.2) is 18.4 Å². The fourth-order valence-electron chi connectivity index (χ4n) is 5.52. The summed E-state index contributed by atoms with van der Waals surface area (Å²) in [6.45, 7) is 0. The SMILES string of the molecule is O=C(NC(Cc1ccccc1)(c1cc(F)cc(OC(F)(F)C(F)F)c1)c1ccc(F)c(C2CCC2)c1)c1ccc(F)c(C(F)(F)F)c1. The smallest absolute Gasteiger partial charge is 0.428 e. The van der Waals surface area contributed by atoms with Crippen molar-refractivity contribution in [3.05, 3.63) is 136 Å². The maximum atomic E-state index is 15.2. The molecule has 0 aliphatic heterocycles. The zero-order valence-corrected chi connectivity index (χ0v) is 24.2. The lowest BCUT2D eigenvalue weighted by Gasteiger charge is -2.38. The van der Waals surface area contributed by atoms with Crippen molar-refractivity contribution in [1.29, 1.82) is 0 Å². The number of amides is 1. The van der Waals surface area contributed by atoms with Crippen molar-refractivity contribution in [3.8, 4) is 5.75 Å². The summed E-state index contributed by atoms with van der Waals surface area (Å²) in [5.41, 5.74) is -4.12. The van der Waals surface area contributed by atoms with Gasteiger partial charge in [0, 0.05) is 18.1 Å². The third-order valence-corrected chi connectivity index (χ3v) is 8.08. The predicted molar refractivity (Wildman–Crippen MR) is 151 cm³/mol. The van der Waals surface area contributed by atoms with E-state index in [1.807, 2.05) is 0 Å². The van der Waals surface area contributed by atoms with Gasteiger partial charge in [0.2, 0.25) is 0 Å². The van der Waals surface area contributed by atoms with Gasteiger partial charge in [-0.15, -0.1) is 0 Å². The van der Waals surface area contributed by atoms with Crippen molar-refractivity contribution < 1.29 is 53.4 Å². The topological polar surface area (TPSA) is 38.3 Å². The molecule has 0 radical (unpaired) electrons. The van der Waals surface area contributed by atoms with Crippen molar-refractivity contribution >= 4 is 5.91 Å². The van der Waals surface area contributed by atoms with Gasteiger partial charge in [-0.25, -0.2) is 13.2 Å². The molecule has 4 aromatic carbocycles. The van der Waals surface area contributed by atoms with Crippen molar-refractivity contribution in [2.24, 2.45) is 0 Å². The lowest BCUT2D eigenvalue weighted by molar-refractivity contribution is -0.253. The molecule has 1 aliphatic carbocycles. The van der Waals surface area contributed by atoms with Gasteiger partial charge in [0.25, 0.3) is 5.91 Å². The summed E-state index contributed by atoms with van der Waals surface area (Å²) in [6.07, 6.45) is -12.8. The van der Waals surface area contributed by atoms with Crippen molar-refractivity contribution in [2.75, 3.05) is 0 Å². The second kappa shape index (κ2) is 12.9. The van der Waals surface area contributed by atoms with E-state index in [0.29, 0.717) is 30.5 Å². The molecule has 248 valence electrons. The molecular formula is C34H25F10NO2. The summed E-state index contributed by atoms with van der Waals surface area (Å²) in [7, 11) is 0. The summed E-state index contributed by atoms with van der Waals surface area (Å²) in [5, 5.41) is 2.58. The molecule has 0 heterocycles. The Kier molecular flexibility index (Phi) is 9.29. The second-order valence-corrected chi connectivity index (χ2v) is 11.2. The van der Waals surface area contributed by atoms with Gasteiger partial charge in [-0.3, -0.25) is 4.79 Å². The minimum atomic E-state index is -5.18. The van der Waals surface area contributed by atoms with Gasteiger partial charge in [0.05, 0.1) is 11.1 Å². The molecule has 47 heavy (non-hydrogen) atoms. The molecule has 1 unspecified atom stereocenters. The Balaban J connectivity index is 1.75. The number of hydrogen-bond acceptors (Lipinski definition) is 2. The molecule has 1 atom stereocenters. The van der Waals surface area contributed by atoms with Crippen LogP contribution in [0.1, 0.15) is 63.4 Å². The molecule has 0 spiro atoms. The fourth-order valence-corrected chi connectivity index (χ4v) is 5.52. The maximum absolute atomic E-state index is 15.2. The van der Waals surface area contributed by atoms with Crippen LogP contribution in [0.25, 0.3) is 0 Å². The number of rotatable bonds is 10. The van der Waals surface area contributed by atoms with Gasteiger partial charge in [-0.2, -0.15) is 30.7 Å². The number of benzene rings is 4. The minimum Gasteiger partial charge on any atom is -0.428 e. The van der Waals surface area contributed by atoms with Crippen LogP contribution in [0, 0.1) is 17.5 Å². The first kappa shape index (κ1) is 33.8. The van der Waals surface area contributed by atoms with E-state index in [1.165, 1.54) is 12.1 Å². The molecule has 1 aliphatic rings. The molecule has 0 aromatic heterocycles. The molecule has 0 bridgehead atoms. The number of halogens is 10. The Labute approximate surface area is 262 Å². The highest BCUT2D eigenvalue weighted by Gasteiger charge is 2.45. The van der Waals surface area contributed by atoms with Crippen LogP contribution in [-0.2, 0) is 18.1 Å². The molecule has 13 heteroatoms. The van der Waals surface area contributed by atoms with E-state index in [4.69, 9.17) is 0 Å². The number of carbonyl (C=O) groups is 1. The maximum Gasteiger partial charge on any atom is 0.461 e. The molecule has 0 saturated heterocycles. The van der Waals surface area contributed by atoms with Crippen LogP contribution < -0.4 is 10.1 Å². The van der Waals surface area contributed by atoms with Gasteiger partial charge in [0.15, 0.2) is 0 Å². The Hall–Kier alpha value is -4.55. The van der Waals surface area contributed by atoms with E-state index in [0.717, 1.165) is 30.7 Å². The molecule has 1 saturated carbocycles. The van der Waals surface area contributed by atoms with Gasteiger partial charge >= 0.3 is 18.7 Å². The van der Waals surface area contributed by atoms with E-state index >= 15 is 8.78 Å². The highest BCUT2D eigenvalue weighted by atomic mass is 19.4. The Morgan fingerprint density at radius 3 is 2.11 bits per heavy atom. The lowest BCUT2D eigenvalue weighted by atomic mass is 9.74. The Morgan fingerprint density at radius 1 is 0.809 bits per heavy atom. The first-order valence-electron chi connectivity index (χ1n) is 14.3. The monoisotopic (exact) mass is 669 g/mol. The highest BCUT2D eigenvalue weighted by Crippen LogP contribution is 2.43. The number of hydrogen-bond donors (Lipinski definition) is 1. The number of nitrogens with one attached hydrogen (secondary N) is 1. The largest absolute Gasteiger partial charge is 0.461 e. The first-order chi connectivity index (χ1) is 22.1. The van der Waals surface area contributed by atoms with Crippen molar-refractivity contribution in [1.82, 2.24) is 5.32 Å². The number of carbonyl (C=O) groups excluding carboxylic acids is 1. The Bertz CT molecular complexity index is 1760. The lowest BCUT2D eigenvalue weighted by Crippen LogP contribution is -2.49. The van der Waals surface area contributed by atoms with E-state index < -0.39 is 64.5 Å². The zero-order chi connectivity index (χ0) is 34.1. The molecule has 4 aromatic rings. The van der Waals surface area contributed by atoms with Gasteiger partial charge in [-0.05, 0) is 83.5 Å². The second-order valence-electron chi connectivity index (χ2n) is 11.2. The predicted octanol–water partition coefficient (Wildman–Crippen LogP) is 9.54. The fraction of sp³-hybridized carbons (Fsp3) is 0.265. The van der Waals surface area contributed by atoms with E-state index in [2.05, 4.69) is 10.1 Å². The summed E-state index contributed by atoms with van der Waals surface area (Å²) in [6, 6.07) is 15.2. The van der Waals surface area contributed by atoms with Crippen molar-refractivity contribution in [3.63, 3.8) is 0 Å². The minimum absolute atomic E-state index is 0.0633. The van der Waals surface area contributed by atoms with E-state index in [-0.39, 0.29) is 35.1 Å². The van der Waals surface area contributed by atoms with Crippen LogP contribution in [0.4, 0.5) is 43.9 Å². The van der Waals surface area contributed by atoms with E-state index in [9.17, 15) is 39.9 Å². The average molecular weight is 670 g/mol.